The summed E-state index contributed by atoms with van der Waals surface area (Å²) in [5.74, 6) is 0.611. The number of rotatable bonds is 5. The molecule has 0 radical (unpaired) electrons. The number of benzene rings is 1. The highest BCUT2D eigenvalue weighted by Crippen LogP contribution is 2.43. The van der Waals surface area contributed by atoms with E-state index in [0.717, 1.165) is 30.7 Å². The molecular formula is C22H25N6O3-. The Morgan fingerprint density at radius 2 is 2.00 bits per heavy atom. The number of aromatic nitrogens is 2. The van der Waals surface area contributed by atoms with Gasteiger partial charge in [0.1, 0.15) is 0 Å². The Morgan fingerprint density at radius 1 is 1.23 bits per heavy atom. The number of fused-ring (bicyclic) bond motifs is 2. The molecule has 3 aliphatic rings. The molecular weight excluding hydrogens is 396 g/mol. The maximum atomic E-state index is 13.6. The first-order valence-corrected chi connectivity index (χ1v) is 10.6. The van der Waals surface area contributed by atoms with E-state index in [1.165, 1.54) is 5.12 Å². The normalized spacial score (nSPS) is 24.4. The largest absolute Gasteiger partial charge is 0.554 e. The van der Waals surface area contributed by atoms with Gasteiger partial charge in [-0.25, -0.2) is 9.97 Å². The third-order valence-corrected chi connectivity index (χ3v) is 6.16. The van der Waals surface area contributed by atoms with Gasteiger partial charge in [-0.2, -0.15) is 5.10 Å². The standard InChI is InChI=1S/C22H25N6O3/c1-13-10-14(2)24-22(23-13)30-12-15-11-16-8-9-19(15)28(16)21(29)18-7-5-4-6-17(18)20-25-27(3)26-31-20/h4-7,10,15-16,19H,8-9,11-12H2,1-3H3/q-1. The number of carbonyl (C=O) groups is 1. The van der Waals surface area contributed by atoms with Gasteiger partial charge in [-0.15, -0.1) is 0 Å². The summed E-state index contributed by atoms with van der Waals surface area (Å²) in [5.41, 5.74) is 6.80. The molecule has 31 heavy (non-hydrogen) atoms. The number of carbonyl (C=O) groups excluding carboxylic acids is 1. The molecule has 2 bridgehead atoms. The second-order valence-electron chi connectivity index (χ2n) is 8.36. The zero-order valence-corrected chi connectivity index (χ0v) is 17.9. The molecule has 162 valence electrons. The SMILES string of the molecule is Cc1cc(C)nc(OCC2CC3CCC2N3C(=O)c2ccccc2C2=NN(C)[N-]O2)n1. The van der Waals surface area contributed by atoms with Crippen molar-refractivity contribution < 1.29 is 14.4 Å². The van der Waals surface area contributed by atoms with Crippen molar-refractivity contribution in [2.24, 2.45) is 11.0 Å². The lowest BCUT2D eigenvalue weighted by atomic mass is 9.90. The number of aryl methyl sites for hydroxylation is 2. The highest BCUT2D eigenvalue weighted by Gasteiger charge is 2.49. The lowest BCUT2D eigenvalue weighted by molar-refractivity contribution is 0.0709. The number of amides is 1. The number of ether oxygens (including phenoxy) is 1. The van der Waals surface area contributed by atoms with Gasteiger partial charge in [-0.05, 0) is 51.3 Å². The van der Waals surface area contributed by atoms with Crippen LogP contribution in [0.4, 0.5) is 0 Å². The molecule has 4 heterocycles. The summed E-state index contributed by atoms with van der Waals surface area (Å²) in [7, 11) is 1.68. The van der Waals surface area contributed by atoms with Crippen LogP contribution in [-0.2, 0) is 4.84 Å². The topological polar surface area (TPSA) is 94.2 Å². The molecule has 0 saturated carbocycles. The van der Waals surface area contributed by atoms with Gasteiger partial charge in [0.15, 0.2) is 0 Å². The molecule has 0 aliphatic carbocycles. The van der Waals surface area contributed by atoms with Crippen LogP contribution in [0.3, 0.4) is 0 Å². The van der Waals surface area contributed by atoms with Crippen LogP contribution >= 0.6 is 0 Å². The Hall–Kier alpha value is -3.20. The number of hydrazone groups is 1. The molecule has 0 N–H and O–H groups in total. The van der Waals surface area contributed by atoms with E-state index in [-0.39, 0.29) is 23.9 Å². The van der Waals surface area contributed by atoms with Crippen molar-refractivity contribution in [3.8, 4) is 6.01 Å². The molecule has 2 aromatic rings. The molecule has 3 atom stereocenters. The number of nitrogens with zero attached hydrogens (tertiary/aromatic N) is 6. The zero-order chi connectivity index (χ0) is 21.5. The molecule has 1 amide bonds. The Morgan fingerprint density at radius 3 is 2.74 bits per heavy atom. The lowest BCUT2D eigenvalue weighted by Gasteiger charge is -2.25. The summed E-state index contributed by atoms with van der Waals surface area (Å²) in [5, 5.41) is 5.58. The molecule has 2 saturated heterocycles. The van der Waals surface area contributed by atoms with Crippen molar-refractivity contribution in [2.45, 2.75) is 45.2 Å². The third-order valence-electron chi connectivity index (χ3n) is 6.16. The van der Waals surface area contributed by atoms with Crippen molar-refractivity contribution in [1.82, 2.24) is 20.0 Å². The van der Waals surface area contributed by atoms with Crippen molar-refractivity contribution in [3.05, 3.63) is 58.4 Å². The molecule has 2 fully saturated rings. The van der Waals surface area contributed by atoms with Crippen molar-refractivity contribution in [3.63, 3.8) is 0 Å². The second-order valence-corrected chi connectivity index (χ2v) is 8.36. The molecule has 5 rings (SSSR count). The molecule has 3 unspecified atom stereocenters. The maximum Gasteiger partial charge on any atom is 0.316 e. The third kappa shape index (κ3) is 3.69. The van der Waals surface area contributed by atoms with Gasteiger partial charge in [0, 0.05) is 42.0 Å². The van der Waals surface area contributed by atoms with Gasteiger partial charge < -0.3 is 25.2 Å². The van der Waals surface area contributed by atoms with E-state index < -0.39 is 0 Å². The van der Waals surface area contributed by atoms with Crippen LogP contribution in [-0.4, -0.2) is 57.5 Å². The van der Waals surface area contributed by atoms with Crippen LogP contribution < -0.4 is 4.74 Å². The second kappa shape index (κ2) is 7.81. The van der Waals surface area contributed by atoms with Crippen LogP contribution in [0.25, 0.3) is 5.59 Å². The minimum absolute atomic E-state index is 0.00843. The van der Waals surface area contributed by atoms with Gasteiger partial charge >= 0.3 is 6.01 Å². The van der Waals surface area contributed by atoms with Gasteiger partial charge in [0.05, 0.1) is 12.2 Å². The van der Waals surface area contributed by atoms with E-state index in [9.17, 15) is 4.79 Å². The highest BCUT2D eigenvalue weighted by molar-refractivity contribution is 6.07. The highest BCUT2D eigenvalue weighted by atomic mass is 16.7. The Kier molecular flexibility index (Phi) is 4.97. The summed E-state index contributed by atoms with van der Waals surface area (Å²) in [6, 6.07) is 10.1. The van der Waals surface area contributed by atoms with Crippen LogP contribution in [0.1, 0.15) is 46.6 Å². The number of hydrogen-bond donors (Lipinski definition) is 0. The minimum Gasteiger partial charge on any atom is -0.554 e. The first kappa shape index (κ1) is 19.7. The fraction of sp³-hybridized carbons (Fsp3) is 0.455. The summed E-state index contributed by atoms with van der Waals surface area (Å²) < 4.78 is 5.94. The molecule has 3 aliphatic heterocycles. The predicted molar refractivity (Wildman–Crippen MR) is 113 cm³/mol. The summed E-state index contributed by atoms with van der Waals surface area (Å²) in [6.45, 7) is 4.37. The summed E-state index contributed by atoms with van der Waals surface area (Å²) in [6.07, 6.45) is 2.93. The van der Waals surface area contributed by atoms with Gasteiger partial charge in [0.2, 0.25) is 5.90 Å². The Balaban J connectivity index is 1.33. The molecule has 9 heteroatoms. The molecule has 1 aromatic heterocycles. The zero-order valence-electron chi connectivity index (χ0n) is 17.9. The first-order chi connectivity index (χ1) is 15.0. The molecule has 0 spiro atoms. The van der Waals surface area contributed by atoms with Gasteiger partial charge in [-0.3, -0.25) is 4.79 Å². The van der Waals surface area contributed by atoms with Crippen LogP contribution in [0.15, 0.2) is 35.4 Å². The lowest BCUT2D eigenvalue weighted by Crippen LogP contribution is -2.38. The predicted octanol–water partition coefficient (Wildman–Crippen LogP) is 2.99. The number of hydrogen-bond acceptors (Lipinski definition) is 7. The van der Waals surface area contributed by atoms with Gasteiger partial charge in [-0.1, -0.05) is 12.1 Å². The van der Waals surface area contributed by atoms with E-state index in [0.29, 0.717) is 29.6 Å². The summed E-state index contributed by atoms with van der Waals surface area (Å²) in [4.78, 5) is 29.6. The van der Waals surface area contributed by atoms with Gasteiger partial charge in [0.25, 0.3) is 5.91 Å². The average molecular weight is 421 g/mol. The Labute approximate surface area is 181 Å². The maximum absolute atomic E-state index is 13.6. The summed E-state index contributed by atoms with van der Waals surface area (Å²) >= 11 is 0. The van der Waals surface area contributed by atoms with Crippen molar-refractivity contribution in [2.75, 3.05) is 13.7 Å². The van der Waals surface area contributed by atoms with E-state index in [1.807, 2.05) is 49.1 Å². The average Bonchev–Trinajstić information content (AvgIpc) is 3.45. The smallest absolute Gasteiger partial charge is 0.316 e. The van der Waals surface area contributed by atoms with Crippen LogP contribution in [0.2, 0.25) is 0 Å². The quantitative estimate of drug-likeness (QED) is 0.737. The minimum atomic E-state index is 0.00843. The first-order valence-electron chi connectivity index (χ1n) is 10.6. The Bertz CT molecular complexity index is 1020. The van der Waals surface area contributed by atoms with E-state index >= 15 is 0 Å². The van der Waals surface area contributed by atoms with Crippen molar-refractivity contribution >= 4 is 11.8 Å². The van der Waals surface area contributed by atoms with E-state index in [1.54, 1.807) is 7.05 Å². The molecule has 1 aromatic carbocycles. The van der Waals surface area contributed by atoms with E-state index in [2.05, 4.69) is 20.7 Å². The monoisotopic (exact) mass is 421 g/mol. The van der Waals surface area contributed by atoms with E-state index in [4.69, 9.17) is 9.57 Å². The fourth-order valence-corrected chi connectivity index (χ4v) is 4.91. The molecule has 9 nitrogen and oxygen atoms in total. The van der Waals surface area contributed by atoms with Crippen LogP contribution in [0, 0.1) is 19.8 Å². The fourth-order valence-electron chi connectivity index (χ4n) is 4.91. The van der Waals surface area contributed by atoms with Crippen LogP contribution in [0.5, 0.6) is 6.01 Å². The van der Waals surface area contributed by atoms with Crippen molar-refractivity contribution in [1.29, 1.82) is 0 Å².